The highest BCUT2D eigenvalue weighted by Gasteiger charge is 2.27. The smallest absolute Gasteiger partial charge is 0.257 e. The van der Waals surface area contributed by atoms with E-state index in [1.165, 1.54) is 9.71 Å². The van der Waals surface area contributed by atoms with Crippen LogP contribution in [0.5, 0.6) is 0 Å². The van der Waals surface area contributed by atoms with Crippen molar-refractivity contribution < 1.29 is 8.42 Å². The van der Waals surface area contributed by atoms with Crippen LogP contribution in [-0.2, 0) is 16.4 Å². The molecule has 3 aromatic rings. The van der Waals surface area contributed by atoms with Gasteiger partial charge in [0.15, 0.2) is 0 Å². The van der Waals surface area contributed by atoms with Crippen LogP contribution in [-0.4, -0.2) is 19.9 Å². The maximum Gasteiger partial charge on any atom is 0.257 e. The van der Waals surface area contributed by atoms with Gasteiger partial charge >= 0.3 is 0 Å². The van der Waals surface area contributed by atoms with E-state index in [2.05, 4.69) is 11.1 Å². The van der Waals surface area contributed by atoms with Gasteiger partial charge in [-0.25, -0.2) is 8.42 Å². The average molecular weight is 362 g/mol. The Labute approximate surface area is 153 Å². The van der Waals surface area contributed by atoms with Gasteiger partial charge in [0.25, 0.3) is 10.0 Å². The highest BCUT2D eigenvalue weighted by molar-refractivity contribution is 7.95. The summed E-state index contributed by atoms with van der Waals surface area (Å²) in [6.45, 7) is 0.469. The van der Waals surface area contributed by atoms with Crippen molar-refractivity contribution in [3.05, 3.63) is 89.6 Å². The van der Waals surface area contributed by atoms with Gasteiger partial charge in [0, 0.05) is 18.9 Å². The van der Waals surface area contributed by atoms with Crippen molar-refractivity contribution >= 4 is 21.8 Å². The monoisotopic (exact) mass is 362 g/mol. The summed E-state index contributed by atoms with van der Waals surface area (Å²) >= 11 is 0. The van der Waals surface area contributed by atoms with Crippen LogP contribution in [0, 0.1) is 0 Å². The van der Waals surface area contributed by atoms with Crippen molar-refractivity contribution in [2.45, 2.75) is 6.42 Å². The Balaban J connectivity index is 1.62. The van der Waals surface area contributed by atoms with Crippen molar-refractivity contribution in [1.82, 2.24) is 4.98 Å². The van der Waals surface area contributed by atoms with Crippen LogP contribution < -0.4 is 4.31 Å². The van der Waals surface area contributed by atoms with E-state index < -0.39 is 10.0 Å². The van der Waals surface area contributed by atoms with E-state index in [-0.39, 0.29) is 0 Å². The zero-order valence-corrected chi connectivity index (χ0v) is 14.9. The second-order valence-corrected chi connectivity index (χ2v) is 7.90. The molecule has 2 heterocycles. The number of hydrogen-bond donors (Lipinski definition) is 0. The highest BCUT2D eigenvalue weighted by Crippen LogP contribution is 2.34. The third kappa shape index (κ3) is 3.26. The van der Waals surface area contributed by atoms with Crippen LogP contribution in [0.4, 0.5) is 5.69 Å². The third-order valence-electron chi connectivity index (χ3n) is 4.49. The van der Waals surface area contributed by atoms with Gasteiger partial charge in [-0.15, -0.1) is 0 Å². The summed E-state index contributed by atoms with van der Waals surface area (Å²) in [6, 6.07) is 19.3. The summed E-state index contributed by atoms with van der Waals surface area (Å²) in [4.78, 5) is 4.04. The van der Waals surface area contributed by atoms with Crippen LogP contribution in [0.25, 0.3) is 17.2 Å². The molecule has 0 N–H and O–H groups in total. The maximum absolute atomic E-state index is 12.8. The van der Waals surface area contributed by atoms with Crippen molar-refractivity contribution in [1.29, 1.82) is 0 Å². The van der Waals surface area contributed by atoms with E-state index in [1.807, 2.05) is 54.6 Å². The van der Waals surface area contributed by atoms with Gasteiger partial charge in [0.05, 0.1) is 11.1 Å². The fourth-order valence-corrected chi connectivity index (χ4v) is 4.44. The number of benzene rings is 2. The summed E-state index contributed by atoms with van der Waals surface area (Å²) < 4.78 is 27.0. The van der Waals surface area contributed by atoms with E-state index in [1.54, 1.807) is 18.5 Å². The van der Waals surface area contributed by atoms with Crippen molar-refractivity contribution in [3.8, 4) is 11.1 Å². The average Bonchev–Trinajstić information content (AvgIpc) is 3.12. The minimum absolute atomic E-state index is 0.469. The molecule has 5 heteroatoms. The molecule has 4 nitrogen and oxygen atoms in total. The van der Waals surface area contributed by atoms with Crippen LogP contribution in [0.3, 0.4) is 0 Å². The molecule has 0 amide bonds. The molecule has 4 rings (SSSR count). The van der Waals surface area contributed by atoms with Gasteiger partial charge in [-0.05, 0) is 59.0 Å². The Morgan fingerprint density at radius 2 is 1.69 bits per heavy atom. The zero-order chi connectivity index (χ0) is 18.0. The lowest BCUT2D eigenvalue weighted by atomic mass is 10.0. The first-order chi connectivity index (χ1) is 12.6. The summed E-state index contributed by atoms with van der Waals surface area (Å²) in [5.41, 5.74) is 4.83. The Bertz CT molecular complexity index is 1050. The number of rotatable bonds is 4. The molecule has 1 aromatic heterocycles. The SMILES string of the molecule is O=S(=O)(/C=C/c1ccccc1)N1CCc2cc(-c3ccncc3)ccc21. The van der Waals surface area contributed by atoms with Gasteiger partial charge in [-0.2, -0.15) is 0 Å². The first-order valence-corrected chi connectivity index (χ1v) is 9.93. The first kappa shape index (κ1) is 16.5. The van der Waals surface area contributed by atoms with Gasteiger partial charge in [-0.1, -0.05) is 36.4 Å². The van der Waals surface area contributed by atoms with Crippen LogP contribution in [0.15, 0.2) is 78.5 Å². The second-order valence-electron chi connectivity index (χ2n) is 6.16. The molecule has 0 radical (unpaired) electrons. The third-order valence-corrected chi connectivity index (χ3v) is 5.96. The summed E-state index contributed by atoms with van der Waals surface area (Å²) in [5.74, 6) is 0. The number of fused-ring (bicyclic) bond motifs is 1. The topological polar surface area (TPSA) is 50.3 Å². The largest absolute Gasteiger partial charge is 0.266 e. The molecule has 0 bridgehead atoms. The quantitative estimate of drug-likeness (QED) is 0.702. The summed E-state index contributed by atoms with van der Waals surface area (Å²) in [7, 11) is -3.51. The zero-order valence-electron chi connectivity index (χ0n) is 14.1. The molecule has 130 valence electrons. The highest BCUT2D eigenvalue weighted by atomic mass is 32.2. The molecule has 0 atom stereocenters. The molecule has 2 aromatic carbocycles. The molecule has 26 heavy (non-hydrogen) atoms. The predicted octanol–water partition coefficient (Wildman–Crippen LogP) is 4.11. The molecule has 0 aliphatic carbocycles. The fourth-order valence-electron chi connectivity index (χ4n) is 3.16. The number of nitrogens with zero attached hydrogens (tertiary/aromatic N) is 2. The van der Waals surface area contributed by atoms with Crippen molar-refractivity contribution in [2.75, 3.05) is 10.8 Å². The van der Waals surface area contributed by atoms with E-state index in [4.69, 9.17) is 0 Å². The Hall–Kier alpha value is -2.92. The van der Waals surface area contributed by atoms with Crippen molar-refractivity contribution in [3.63, 3.8) is 0 Å². The van der Waals surface area contributed by atoms with Gasteiger partial charge in [0.2, 0.25) is 0 Å². The maximum atomic E-state index is 12.8. The second kappa shape index (κ2) is 6.77. The lowest BCUT2D eigenvalue weighted by Crippen LogP contribution is -2.26. The lowest BCUT2D eigenvalue weighted by Gasteiger charge is -2.17. The Morgan fingerprint density at radius 3 is 2.46 bits per heavy atom. The molecule has 0 fully saturated rings. The molecular formula is C21H18N2O2S. The standard InChI is InChI=1S/C21H18N2O2S/c24-26(25,15-11-17-4-2-1-3-5-17)23-14-10-20-16-19(6-7-21(20)23)18-8-12-22-13-9-18/h1-9,11-13,15-16H,10,14H2/b15-11+. The number of pyridine rings is 1. The van der Waals surface area contributed by atoms with E-state index >= 15 is 0 Å². The molecular weight excluding hydrogens is 344 g/mol. The normalized spacial score (nSPS) is 13.9. The Morgan fingerprint density at radius 1 is 0.923 bits per heavy atom. The molecule has 0 saturated heterocycles. The lowest BCUT2D eigenvalue weighted by molar-refractivity contribution is 0.601. The summed E-state index contributed by atoms with van der Waals surface area (Å²) in [6.07, 6.45) is 5.87. The molecule has 1 aliphatic heterocycles. The van der Waals surface area contributed by atoms with Crippen LogP contribution in [0.2, 0.25) is 0 Å². The van der Waals surface area contributed by atoms with Crippen molar-refractivity contribution in [2.24, 2.45) is 0 Å². The summed E-state index contributed by atoms with van der Waals surface area (Å²) in [5, 5.41) is 1.29. The predicted molar refractivity (Wildman–Crippen MR) is 105 cm³/mol. The van der Waals surface area contributed by atoms with E-state index in [0.29, 0.717) is 13.0 Å². The van der Waals surface area contributed by atoms with Gasteiger partial charge < -0.3 is 0 Å². The Kier molecular flexibility index (Phi) is 4.31. The molecule has 0 spiro atoms. The van der Waals surface area contributed by atoms with E-state index in [9.17, 15) is 8.42 Å². The molecule has 0 unspecified atom stereocenters. The van der Waals surface area contributed by atoms with Crippen LogP contribution in [0.1, 0.15) is 11.1 Å². The molecule has 0 saturated carbocycles. The van der Waals surface area contributed by atoms with Gasteiger partial charge in [0.1, 0.15) is 0 Å². The minimum atomic E-state index is -3.51. The first-order valence-electron chi connectivity index (χ1n) is 8.43. The van der Waals surface area contributed by atoms with Gasteiger partial charge in [-0.3, -0.25) is 9.29 Å². The number of anilines is 1. The fraction of sp³-hybridized carbons (Fsp3) is 0.0952. The number of hydrogen-bond acceptors (Lipinski definition) is 3. The minimum Gasteiger partial charge on any atom is -0.266 e. The van der Waals surface area contributed by atoms with Crippen LogP contribution >= 0.6 is 0 Å². The van der Waals surface area contributed by atoms with E-state index in [0.717, 1.165) is 27.9 Å². The number of aromatic nitrogens is 1. The molecule has 1 aliphatic rings. The number of sulfonamides is 1.